The van der Waals surface area contributed by atoms with Crippen LogP contribution in [0.1, 0.15) is 18.2 Å². The lowest BCUT2D eigenvalue weighted by Crippen LogP contribution is -1.87. The van der Waals surface area contributed by atoms with Crippen LogP contribution in [0.2, 0.25) is 0 Å². The highest BCUT2D eigenvalue weighted by molar-refractivity contribution is 5.60. The van der Waals surface area contributed by atoms with Crippen LogP contribution in [0.3, 0.4) is 0 Å². The zero-order valence-electron chi connectivity index (χ0n) is 6.49. The zero-order valence-corrected chi connectivity index (χ0v) is 6.49. The van der Waals surface area contributed by atoms with Gasteiger partial charge in [0.15, 0.2) is 0 Å². The molecule has 0 aliphatic carbocycles. The summed E-state index contributed by atoms with van der Waals surface area (Å²) in [7, 11) is 0. The van der Waals surface area contributed by atoms with E-state index in [1.807, 2.05) is 25.1 Å². The van der Waals surface area contributed by atoms with Crippen molar-refractivity contribution in [2.45, 2.75) is 6.92 Å². The van der Waals surface area contributed by atoms with Crippen molar-refractivity contribution >= 4 is 12.2 Å². The van der Waals surface area contributed by atoms with Crippen molar-refractivity contribution < 1.29 is 0 Å². The van der Waals surface area contributed by atoms with Gasteiger partial charge in [0.2, 0.25) is 0 Å². The summed E-state index contributed by atoms with van der Waals surface area (Å²) in [5, 5.41) is 7.69. The van der Waals surface area contributed by atoms with E-state index in [-0.39, 0.29) is 0 Å². The van der Waals surface area contributed by atoms with Crippen LogP contribution >= 0.6 is 0 Å². The summed E-state index contributed by atoms with van der Waals surface area (Å²) in [4.78, 5) is 0. The van der Waals surface area contributed by atoms with Crippen LogP contribution in [0, 0.1) is 0 Å². The molecule has 0 bridgehead atoms. The van der Waals surface area contributed by atoms with Gasteiger partial charge in [0.1, 0.15) is 0 Å². The maximum Gasteiger partial charge on any atom is 0.0926 e. The molecule has 0 saturated heterocycles. The van der Waals surface area contributed by atoms with Gasteiger partial charge in [-0.2, -0.15) is 10.2 Å². The van der Waals surface area contributed by atoms with Gasteiger partial charge in [-0.15, -0.1) is 0 Å². The molecule has 0 radical (unpaired) electrons. The van der Waals surface area contributed by atoms with Crippen LogP contribution < -0.4 is 0 Å². The van der Waals surface area contributed by atoms with Crippen molar-refractivity contribution in [2.75, 3.05) is 0 Å². The normalized spacial score (nSPS) is 10.3. The van der Waals surface area contributed by atoms with E-state index < -0.39 is 0 Å². The van der Waals surface area contributed by atoms with E-state index >= 15 is 0 Å². The summed E-state index contributed by atoms with van der Waals surface area (Å²) in [6.07, 6.45) is 7.26. The summed E-state index contributed by atoms with van der Waals surface area (Å²) < 4.78 is 0. The fraction of sp³-hybridized carbons (Fsp3) is 0.111. The summed E-state index contributed by atoms with van der Waals surface area (Å²) in [6.45, 7) is 5.62. The standard InChI is InChI=1S/C9H10N2/c1-3-5-9-8(4-2)6-7-10-11-9/h3-7H,2H2,1H3/b5-3+. The van der Waals surface area contributed by atoms with Crippen molar-refractivity contribution in [3.8, 4) is 0 Å². The van der Waals surface area contributed by atoms with Crippen LogP contribution in [0.5, 0.6) is 0 Å². The molecule has 0 unspecified atom stereocenters. The monoisotopic (exact) mass is 146 g/mol. The first kappa shape index (κ1) is 7.66. The second-order valence-electron chi connectivity index (χ2n) is 2.08. The molecule has 0 aromatic carbocycles. The summed E-state index contributed by atoms with van der Waals surface area (Å²) in [6, 6.07) is 1.88. The van der Waals surface area contributed by atoms with Crippen LogP contribution in [-0.4, -0.2) is 10.2 Å². The molecule has 0 aliphatic rings. The van der Waals surface area contributed by atoms with E-state index in [1.54, 1.807) is 12.3 Å². The Morgan fingerprint density at radius 1 is 1.55 bits per heavy atom. The Bertz CT molecular complexity index is 277. The Morgan fingerprint density at radius 2 is 2.36 bits per heavy atom. The smallest absolute Gasteiger partial charge is 0.0926 e. The summed E-state index contributed by atoms with van der Waals surface area (Å²) in [5.41, 5.74) is 1.88. The molecule has 11 heavy (non-hydrogen) atoms. The Kier molecular flexibility index (Phi) is 2.55. The maximum atomic E-state index is 3.93. The van der Waals surface area contributed by atoms with E-state index in [4.69, 9.17) is 0 Å². The molecule has 1 rings (SSSR count). The largest absolute Gasteiger partial charge is 0.159 e. The molecule has 1 heterocycles. The minimum absolute atomic E-state index is 0.866. The van der Waals surface area contributed by atoms with Crippen LogP contribution in [0.25, 0.3) is 12.2 Å². The van der Waals surface area contributed by atoms with Gasteiger partial charge in [0, 0.05) is 5.56 Å². The molecule has 2 heteroatoms. The van der Waals surface area contributed by atoms with Gasteiger partial charge in [0.05, 0.1) is 11.9 Å². The number of allylic oxidation sites excluding steroid dienone is 1. The first-order valence-corrected chi connectivity index (χ1v) is 3.45. The summed E-state index contributed by atoms with van der Waals surface area (Å²) in [5.74, 6) is 0. The molecule has 1 aromatic rings. The average molecular weight is 146 g/mol. The average Bonchev–Trinajstić information content (AvgIpc) is 2.06. The van der Waals surface area contributed by atoms with Crippen LogP contribution in [0.4, 0.5) is 0 Å². The molecule has 1 aromatic heterocycles. The number of hydrogen-bond acceptors (Lipinski definition) is 2. The molecule has 0 atom stereocenters. The van der Waals surface area contributed by atoms with Gasteiger partial charge in [-0.05, 0) is 19.1 Å². The van der Waals surface area contributed by atoms with E-state index in [2.05, 4.69) is 16.8 Å². The predicted molar refractivity (Wildman–Crippen MR) is 46.8 cm³/mol. The Labute approximate surface area is 66.3 Å². The Balaban J connectivity index is 3.11. The SMILES string of the molecule is C=Cc1ccnnc1/C=C/C. The molecule has 0 spiro atoms. The molecule has 0 saturated carbocycles. The fourth-order valence-electron chi connectivity index (χ4n) is 0.812. The molecule has 0 N–H and O–H groups in total. The minimum atomic E-state index is 0.866. The minimum Gasteiger partial charge on any atom is -0.159 e. The molecule has 2 nitrogen and oxygen atoms in total. The van der Waals surface area contributed by atoms with Crippen molar-refractivity contribution in [3.63, 3.8) is 0 Å². The highest BCUT2D eigenvalue weighted by Crippen LogP contribution is 2.06. The molecular formula is C9H10N2. The lowest BCUT2D eigenvalue weighted by Gasteiger charge is -1.95. The topological polar surface area (TPSA) is 25.8 Å². The third kappa shape index (κ3) is 1.74. The third-order valence-electron chi connectivity index (χ3n) is 1.33. The second-order valence-corrected chi connectivity index (χ2v) is 2.08. The van der Waals surface area contributed by atoms with Gasteiger partial charge >= 0.3 is 0 Å². The number of rotatable bonds is 2. The first-order valence-electron chi connectivity index (χ1n) is 3.45. The Hall–Kier alpha value is -1.44. The van der Waals surface area contributed by atoms with E-state index in [1.165, 1.54) is 0 Å². The molecular weight excluding hydrogens is 136 g/mol. The van der Waals surface area contributed by atoms with E-state index in [0.29, 0.717) is 0 Å². The number of nitrogens with zero attached hydrogens (tertiary/aromatic N) is 2. The number of aromatic nitrogens is 2. The van der Waals surface area contributed by atoms with Gasteiger partial charge in [0.25, 0.3) is 0 Å². The molecule has 56 valence electrons. The van der Waals surface area contributed by atoms with Crippen molar-refractivity contribution in [1.29, 1.82) is 0 Å². The van der Waals surface area contributed by atoms with Crippen molar-refractivity contribution in [2.24, 2.45) is 0 Å². The maximum absolute atomic E-state index is 3.93. The zero-order chi connectivity index (χ0) is 8.10. The molecule has 0 fully saturated rings. The van der Waals surface area contributed by atoms with E-state index in [0.717, 1.165) is 11.3 Å². The predicted octanol–water partition coefficient (Wildman–Crippen LogP) is 2.15. The molecule has 0 aliphatic heterocycles. The quantitative estimate of drug-likeness (QED) is 0.639. The van der Waals surface area contributed by atoms with Gasteiger partial charge in [-0.1, -0.05) is 18.7 Å². The highest BCUT2D eigenvalue weighted by Gasteiger charge is 1.93. The lowest BCUT2D eigenvalue weighted by molar-refractivity contribution is 1.01. The van der Waals surface area contributed by atoms with Gasteiger partial charge < -0.3 is 0 Å². The van der Waals surface area contributed by atoms with Gasteiger partial charge in [-0.3, -0.25) is 0 Å². The fourth-order valence-corrected chi connectivity index (χ4v) is 0.812. The summed E-state index contributed by atoms with van der Waals surface area (Å²) >= 11 is 0. The third-order valence-corrected chi connectivity index (χ3v) is 1.33. The van der Waals surface area contributed by atoms with Crippen molar-refractivity contribution in [1.82, 2.24) is 10.2 Å². The van der Waals surface area contributed by atoms with Crippen LogP contribution in [0.15, 0.2) is 24.9 Å². The second kappa shape index (κ2) is 3.66. The van der Waals surface area contributed by atoms with E-state index in [9.17, 15) is 0 Å². The highest BCUT2D eigenvalue weighted by atomic mass is 15.1. The van der Waals surface area contributed by atoms with Crippen LogP contribution in [-0.2, 0) is 0 Å². The lowest BCUT2D eigenvalue weighted by atomic mass is 10.2. The number of hydrogen-bond donors (Lipinski definition) is 0. The van der Waals surface area contributed by atoms with Crippen molar-refractivity contribution in [3.05, 3.63) is 36.2 Å². The van der Waals surface area contributed by atoms with Gasteiger partial charge in [-0.25, -0.2) is 0 Å². The Morgan fingerprint density at radius 3 is 3.00 bits per heavy atom. The first-order chi connectivity index (χ1) is 5.38. The molecule has 0 amide bonds.